The van der Waals surface area contributed by atoms with Crippen LogP contribution in [0.15, 0.2) is 28.7 Å². The highest BCUT2D eigenvalue weighted by atomic mass is 79.9. The minimum Gasteiger partial charge on any atom is -0.215 e. The number of halogens is 1. The number of nitrogens with zero attached hydrogens (tertiary/aromatic N) is 1. The first kappa shape index (κ1) is 10.5. The van der Waals surface area contributed by atoms with Crippen LogP contribution in [0.2, 0.25) is 0 Å². The average Bonchev–Trinajstić information content (AvgIpc) is 2.03. The quantitative estimate of drug-likeness (QED) is 0.693. The largest absolute Gasteiger partial charge is 0.215 e. The lowest BCUT2D eigenvalue weighted by atomic mass is 10.1. The summed E-state index contributed by atoms with van der Waals surface area (Å²) in [5.41, 5.74) is 0.309. The molecule has 0 saturated heterocycles. The Bertz CT molecular complexity index is 276. The highest BCUT2D eigenvalue weighted by molar-refractivity contribution is 9.10. The van der Waals surface area contributed by atoms with Crippen LogP contribution < -0.4 is 5.06 Å². The maximum atomic E-state index is 11.7. The fourth-order valence-electron chi connectivity index (χ4n) is 0.964. The van der Waals surface area contributed by atoms with Gasteiger partial charge in [0.1, 0.15) is 0 Å². The van der Waals surface area contributed by atoms with E-state index in [4.69, 9.17) is 0 Å². The third kappa shape index (κ3) is 2.71. The Morgan fingerprint density at radius 2 is 1.62 bits per heavy atom. The first-order chi connectivity index (χ1) is 5.91. The van der Waals surface area contributed by atoms with E-state index in [0.29, 0.717) is 5.69 Å². The Morgan fingerprint density at radius 3 is 2.00 bits per heavy atom. The van der Waals surface area contributed by atoms with E-state index in [9.17, 15) is 5.21 Å². The third-order valence-corrected chi connectivity index (χ3v) is 2.20. The molecule has 0 saturated carbocycles. The Kier molecular flexibility index (Phi) is 2.98. The summed E-state index contributed by atoms with van der Waals surface area (Å²) < 4.78 is 0.985. The average molecular weight is 243 g/mol. The molecule has 1 aromatic carbocycles. The summed E-state index contributed by atoms with van der Waals surface area (Å²) in [5.74, 6) is 0. The summed E-state index contributed by atoms with van der Waals surface area (Å²) in [4.78, 5) is 0. The number of benzene rings is 1. The van der Waals surface area contributed by atoms with Crippen LogP contribution in [0.4, 0.5) is 5.69 Å². The maximum absolute atomic E-state index is 11.7. The van der Waals surface area contributed by atoms with Crippen LogP contribution >= 0.6 is 15.9 Å². The standard InChI is InChI=1S/C10H13BrNO/c1-10(2,3)12(13)9-6-4-8(11)5-7-9/h4-7H,1-3H3. The zero-order chi connectivity index (χ0) is 10.1. The van der Waals surface area contributed by atoms with Crippen LogP contribution in [0.25, 0.3) is 0 Å². The first-order valence-electron chi connectivity index (χ1n) is 4.14. The monoisotopic (exact) mass is 242 g/mol. The minimum atomic E-state index is -0.381. The summed E-state index contributed by atoms with van der Waals surface area (Å²) in [5, 5.41) is 12.7. The van der Waals surface area contributed by atoms with Crippen molar-refractivity contribution in [2.24, 2.45) is 0 Å². The molecule has 3 heteroatoms. The van der Waals surface area contributed by atoms with Crippen LogP contribution in [0, 0.1) is 0 Å². The maximum Gasteiger partial charge on any atom is 0.0674 e. The van der Waals surface area contributed by atoms with Crippen molar-refractivity contribution in [3.05, 3.63) is 28.7 Å². The van der Waals surface area contributed by atoms with Crippen molar-refractivity contribution in [1.29, 1.82) is 0 Å². The molecule has 1 radical (unpaired) electrons. The molecule has 2 nitrogen and oxygen atoms in total. The van der Waals surface area contributed by atoms with E-state index in [-0.39, 0.29) is 5.54 Å². The fourth-order valence-corrected chi connectivity index (χ4v) is 1.23. The molecule has 0 unspecified atom stereocenters. The van der Waals surface area contributed by atoms with Crippen molar-refractivity contribution in [2.75, 3.05) is 5.06 Å². The number of hydrogen-bond acceptors (Lipinski definition) is 1. The van der Waals surface area contributed by atoms with E-state index in [0.717, 1.165) is 9.54 Å². The van der Waals surface area contributed by atoms with Crippen molar-refractivity contribution in [3.8, 4) is 0 Å². The van der Waals surface area contributed by atoms with E-state index in [1.54, 1.807) is 0 Å². The van der Waals surface area contributed by atoms with Gasteiger partial charge in [-0.1, -0.05) is 21.1 Å². The molecule has 1 rings (SSSR count). The van der Waals surface area contributed by atoms with Gasteiger partial charge in [-0.25, -0.2) is 5.06 Å². The highest BCUT2D eigenvalue weighted by Gasteiger charge is 2.20. The summed E-state index contributed by atoms with van der Waals surface area (Å²) in [6.07, 6.45) is 0. The molecule has 0 aliphatic rings. The second-order valence-corrected chi connectivity index (χ2v) is 4.86. The van der Waals surface area contributed by atoms with Crippen LogP contribution in [-0.4, -0.2) is 5.54 Å². The predicted octanol–water partition coefficient (Wildman–Crippen LogP) is 3.40. The van der Waals surface area contributed by atoms with Crippen molar-refractivity contribution in [2.45, 2.75) is 26.3 Å². The predicted molar refractivity (Wildman–Crippen MR) is 57.1 cm³/mol. The molecule has 0 aliphatic carbocycles. The zero-order valence-corrected chi connectivity index (χ0v) is 9.63. The molecule has 0 bridgehead atoms. The Hall–Kier alpha value is -0.540. The van der Waals surface area contributed by atoms with E-state index < -0.39 is 0 Å². The van der Waals surface area contributed by atoms with Gasteiger partial charge in [0.25, 0.3) is 0 Å². The van der Waals surface area contributed by atoms with Crippen LogP contribution in [-0.2, 0) is 5.21 Å². The number of hydroxylamine groups is 1. The van der Waals surface area contributed by atoms with Gasteiger partial charge in [0.05, 0.1) is 11.2 Å². The lowest BCUT2D eigenvalue weighted by Crippen LogP contribution is -2.37. The Morgan fingerprint density at radius 1 is 1.15 bits per heavy atom. The second kappa shape index (κ2) is 3.68. The molecule has 0 aromatic heterocycles. The Labute approximate surface area is 87.3 Å². The minimum absolute atomic E-state index is 0.381. The van der Waals surface area contributed by atoms with Gasteiger partial charge in [-0.2, -0.15) is 0 Å². The van der Waals surface area contributed by atoms with Gasteiger partial charge in [0.2, 0.25) is 0 Å². The normalized spacial score (nSPS) is 11.5. The second-order valence-electron chi connectivity index (χ2n) is 3.94. The lowest BCUT2D eigenvalue weighted by molar-refractivity contribution is 0.102. The first-order valence-corrected chi connectivity index (χ1v) is 4.93. The van der Waals surface area contributed by atoms with Crippen molar-refractivity contribution in [3.63, 3.8) is 0 Å². The molecule has 0 amide bonds. The highest BCUT2D eigenvalue weighted by Crippen LogP contribution is 2.23. The van der Waals surface area contributed by atoms with E-state index in [2.05, 4.69) is 15.9 Å². The molecule has 0 atom stereocenters. The van der Waals surface area contributed by atoms with Gasteiger partial charge in [0, 0.05) is 4.47 Å². The van der Waals surface area contributed by atoms with Gasteiger partial charge in [0.15, 0.2) is 0 Å². The SMILES string of the molecule is CC(C)(C)N([O])c1ccc(Br)cc1. The van der Waals surface area contributed by atoms with Gasteiger partial charge < -0.3 is 0 Å². The zero-order valence-electron chi connectivity index (χ0n) is 8.04. The molecular formula is C10H13BrNO. The van der Waals surface area contributed by atoms with Crippen LogP contribution in [0.3, 0.4) is 0 Å². The molecule has 0 heterocycles. The van der Waals surface area contributed by atoms with Gasteiger partial charge in [-0.15, -0.1) is 0 Å². The molecule has 1 aromatic rings. The third-order valence-electron chi connectivity index (χ3n) is 1.67. The lowest BCUT2D eigenvalue weighted by Gasteiger charge is -2.28. The number of anilines is 1. The molecule has 0 spiro atoms. The smallest absolute Gasteiger partial charge is 0.0674 e. The van der Waals surface area contributed by atoms with Crippen LogP contribution in [0.5, 0.6) is 0 Å². The summed E-state index contributed by atoms with van der Waals surface area (Å²) in [6.45, 7) is 5.67. The van der Waals surface area contributed by atoms with Crippen molar-refractivity contribution < 1.29 is 5.21 Å². The van der Waals surface area contributed by atoms with Gasteiger partial charge >= 0.3 is 0 Å². The summed E-state index contributed by atoms with van der Waals surface area (Å²) in [7, 11) is 0. The fraction of sp³-hybridized carbons (Fsp3) is 0.400. The molecule has 0 fully saturated rings. The molecule has 0 aliphatic heterocycles. The van der Waals surface area contributed by atoms with Crippen molar-refractivity contribution in [1.82, 2.24) is 0 Å². The van der Waals surface area contributed by atoms with Crippen LogP contribution in [0.1, 0.15) is 20.8 Å². The molecular weight excluding hydrogens is 230 g/mol. The molecule has 0 N–H and O–H groups in total. The van der Waals surface area contributed by atoms with Gasteiger partial charge in [-0.05, 0) is 45.0 Å². The topological polar surface area (TPSA) is 23.1 Å². The van der Waals surface area contributed by atoms with E-state index in [1.807, 2.05) is 45.0 Å². The Balaban J connectivity index is 2.90. The summed E-state index contributed by atoms with van der Waals surface area (Å²) in [6, 6.07) is 7.35. The van der Waals surface area contributed by atoms with Gasteiger partial charge in [-0.3, -0.25) is 0 Å². The number of rotatable bonds is 1. The van der Waals surface area contributed by atoms with E-state index >= 15 is 0 Å². The summed E-state index contributed by atoms with van der Waals surface area (Å²) >= 11 is 3.32. The van der Waals surface area contributed by atoms with Crippen molar-refractivity contribution >= 4 is 21.6 Å². The molecule has 13 heavy (non-hydrogen) atoms. The van der Waals surface area contributed by atoms with E-state index in [1.165, 1.54) is 0 Å². The number of hydrogen-bond donors (Lipinski definition) is 0. The molecule has 71 valence electrons.